The first-order chi connectivity index (χ1) is 13.9. The lowest BCUT2D eigenvalue weighted by molar-refractivity contribution is 0.0620. The summed E-state index contributed by atoms with van der Waals surface area (Å²) in [7, 11) is 0. The molecule has 0 saturated carbocycles. The Morgan fingerprint density at radius 2 is 1.79 bits per heavy atom. The van der Waals surface area contributed by atoms with Crippen LogP contribution in [-0.2, 0) is 6.54 Å². The van der Waals surface area contributed by atoms with Gasteiger partial charge in [-0.25, -0.2) is 0 Å². The van der Waals surface area contributed by atoms with Crippen molar-refractivity contribution in [3.8, 4) is 5.75 Å². The zero-order valence-corrected chi connectivity index (χ0v) is 17.2. The van der Waals surface area contributed by atoms with E-state index in [9.17, 15) is 9.59 Å². The molecule has 0 aliphatic carbocycles. The zero-order chi connectivity index (χ0) is 20.4. The summed E-state index contributed by atoms with van der Waals surface area (Å²) in [6.45, 7) is 7.07. The molecule has 152 valence electrons. The number of Topliss-reactive ketones (excluding diaryl/α,β-unsaturated/α-hetero) is 1. The monoisotopic (exact) mass is 392 g/mol. The molecule has 2 aromatic carbocycles. The number of carbonyl (C=O) groups is 2. The Balaban J connectivity index is 1.42. The van der Waals surface area contributed by atoms with E-state index in [4.69, 9.17) is 4.74 Å². The van der Waals surface area contributed by atoms with Crippen molar-refractivity contribution in [1.29, 1.82) is 0 Å². The minimum absolute atomic E-state index is 0.00738. The number of benzene rings is 2. The van der Waals surface area contributed by atoms with Gasteiger partial charge in [-0.3, -0.25) is 14.5 Å². The number of ketones is 1. The number of likely N-dealkylation sites (tertiary alicyclic amines) is 1. The van der Waals surface area contributed by atoms with Crippen molar-refractivity contribution >= 4 is 17.4 Å². The van der Waals surface area contributed by atoms with Gasteiger partial charge in [0.15, 0.2) is 5.78 Å². The largest absolute Gasteiger partial charge is 0.487 e. The van der Waals surface area contributed by atoms with E-state index in [0.29, 0.717) is 23.3 Å². The summed E-state index contributed by atoms with van der Waals surface area (Å²) in [5.74, 6) is 0.326. The summed E-state index contributed by atoms with van der Waals surface area (Å²) in [5.41, 5.74) is 2.43. The van der Waals surface area contributed by atoms with Crippen LogP contribution in [0.4, 0.5) is 5.69 Å². The molecule has 5 nitrogen and oxygen atoms in total. The summed E-state index contributed by atoms with van der Waals surface area (Å²) in [6.07, 6.45) is 4.20. The average Bonchev–Trinajstić information content (AvgIpc) is 2.69. The highest BCUT2D eigenvalue weighted by Gasteiger charge is 2.32. The van der Waals surface area contributed by atoms with Gasteiger partial charge in [0.2, 0.25) is 0 Å². The van der Waals surface area contributed by atoms with Crippen molar-refractivity contribution in [2.45, 2.75) is 51.7 Å². The Morgan fingerprint density at radius 3 is 2.52 bits per heavy atom. The lowest BCUT2D eigenvalue weighted by Gasteiger charge is -2.31. The molecule has 1 fully saturated rings. The number of hydrogen-bond acceptors (Lipinski definition) is 4. The van der Waals surface area contributed by atoms with E-state index in [2.05, 4.69) is 22.3 Å². The highest BCUT2D eigenvalue weighted by Crippen LogP contribution is 2.33. The number of carbonyl (C=O) groups excluding carboxylic acids is 2. The van der Waals surface area contributed by atoms with E-state index in [-0.39, 0.29) is 11.7 Å². The molecule has 2 aliphatic heterocycles. The van der Waals surface area contributed by atoms with Gasteiger partial charge in [-0.1, -0.05) is 18.6 Å². The van der Waals surface area contributed by atoms with E-state index < -0.39 is 5.60 Å². The first-order valence-corrected chi connectivity index (χ1v) is 10.4. The molecule has 1 N–H and O–H groups in total. The van der Waals surface area contributed by atoms with Gasteiger partial charge < -0.3 is 10.1 Å². The second-order valence-electron chi connectivity index (χ2n) is 8.66. The minimum atomic E-state index is -0.510. The standard InChI is InChI=1S/C24H28N2O3/c1-24(2)15-21(27)20-14-18(8-11-22(20)29-24)23(28)25-19-9-6-17(7-10-19)16-26-12-4-3-5-13-26/h6-11,14H,3-5,12-13,15-16H2,1-2H3,(H,25,28). The van der Waals surface area contributed by atoms with Crippen molar-refractivity contribution < 1.29 is 14.3 Å². The van der Waals surface area contributed by atoms with E-state index in [0.717, 1.165) is 25.3 Å². The number of rotatable bonds is 4. The summed E-state index contributed by atoms with van der Waals surface area (Å²) in [4.78, 5) is 27.6. The van der Waals surface area contributed by atoms with Gasteiger partial charge in [-0.2, -0.15) is 0 Å². The van der Waals surface area contributed by atoms with Crippen molar-refractivity contribution in [3.63, 3.8) is 0 Å². The molecule has 0 spiro atoms. The first-order valence-electron chi connectivity index (χ1n) is 10.4. The van der Waals surface area contributed by atoms with Crippen molar-refractivity contribution in [1.82, 2.24) is 4.90 Å². The molecule has 0 aromatic heterocycles. The number of nitrogens with one attached hydrogen (secondary N) is 1. The topological polar surface area (TPSA) is 58.6 Å². The number of hydrogen-bond donors (Lipinski definition) is 1. The second kappa shape index (κ2) is 7.99. The maximum atomic E-state index is 12.7. The maximum absolute atomic E-state index is 12.7. The molecule has 0 atom stereocenters. The summed E-state index contributed by atoms with van der Waals surface area (Å²) >= 11 is 0. The van der Waals surface area contributed by atoms with Crippen LogP contribution in [0.5, 0.6) is 5.75 Å². The van der Waals surface area contributed by atoms with Crippen LogP contribution in [-0.4, -0.2) is 35.3 Å². The Labute approximate surface area is 172 Å². The van der Waals surface area contributed by atoms with Gasteiger partial charge in [-0.05, 0) is 75.7 Å². The molecule has 5 heteroatoms. The summed E-state index contributed by atoms with van der Waals surface area (Å²) < 4.78 is 5.86. The SMILES string of the molecule is CC1(C)CC(=O)c2cc(C(=O)Nc3ccc(CN4CCCCC4)cc3)ccc2O1. The molecular weight excluding hydrogens is 364 g/mol. The third kappa shape index (κ3) is 4.67. The normalized spacial score (nSPS) is 18.6. The van der Waals surface area contributed by atoms with Crippen molar-refractivity contribution in [3.05, 3.63) is 59.2 Å². The third-order valence-electron chi connectivity index (χ3n) is 5.58. The maximum Gasteiger partial charge on any atom is 0.255 e. The van der Waals surface area contributed by atoms with Gasteiger partial charge in [-0.15, -0.1) is 0 Å². The molecule has 29 heavy (non-hydrogen) atoms. The van der Waals surface area contributed by atoms with E-state index in [1.165, 1.54) is 24.8 Å². The Bertz CT molecular complexity index is 912. The third-order valence-corrected chi connectivity index (χ3v) is 5.58. The van der Waals surface area contributed by atoms with Crippen LogP contribution in [0.15, 0.2) is 42.5 Å². The molecule has 0 bridgehead atoms. The van der Waals surface area contributed by atoms with Crippen LogP contribution >= 0.6 is 0 Å². The molecule has 0 unspecified atom stereocenters. The molecule has 1 saturated heterocycles. The minimum Gasteiger partial charge on any atom is -0.487 e. The lowest BCUT2D eigenvalue weighted by atomic mass is 9.92. The second-order valence-corrected chi connectivity index (χ2v) is 8.66. The molecule has 4 rings (SSSR count). The van der Waals surface area contributed by atoms with Crippen LogP contribution in [0.1, 0.15) is 65.8 Å². The van der Waals surface area contributed by atoms with E-state index in [1.54, 1.807) is 18.2 Å². The van der Waals surface area contributed by atoms with Gasteiger partial charge in [0, 0.05) is 17.8 Å². The van der Waals surface area contributed by atoms with Gasteiger partial charge in [0.25, 0.3) is 5.91 Å². The number of fused-ring (bicyclic) bond motifs is 1. The molecule has 2 heterocycles. The number of anilines is 1. The summed E-state index contributed by atoms with van der Waals surface area (Å²) in [6, 6.07) is 13.1. The van der Waals surface area contributed by atoms with Gasteiger partial charge in [0.1, 0.15) is 11.4 Å². The van der Waals surface area contributed by atoms with E-state index >= 15 is 0 Å². The summed E-state index contributed by atoms with van der Waals surface area (Å²) in [5, 5.41) is 2.92. The van der Waals surface area contributed by atoms with Crippen LogP contribution < -0.4 is 10.1 Å². The highest BCUT2D eigenvalue weighted by molar-refractivity contribution is 6.07. The fourth-order valence-corrected chi connectivity index (χ4v) is 4.07. The Hall–Kier alpha value is -2.66. The highest BCUT2D eigenvalue weighted by atomic mass is 16.5. The smallest absolute Gasteiger partial charge is 0.255 e. The predicted molar refractivity (Wildman–Crippen MR) is 114 cm³/mol. The first kappa shape index (κ1) is 19.6. The fraction of sp³-hybridized carbons (Fsp3) is 0.417. The molecule has 0 radical (unpaired) electrons. The van der Waals surface area contributed by atoms with Crippen LogP contribution in [0.25, 0.3) is 0 Å². The van der Waals surface area contributed by atoms with Crippen LogP contribution in [0.2, 0.25) is 0 Å². The van der Waals surface area contributed by atoms with E-state index in [1.807, 2.05) is 26.0 Å². The van der Waals surface area contributed by atoms with Gasteiger partial charge in [0.05, 0.1) is 12.0 Å². The fourth-order valence-electron chi connectivity index (χ4n) is 4.07. The molecular formula is C24H28N2O3. The zero-order valence-electron chi connectivity index (χ0n) is 17.2. The Kier molecular flexibility index (Phi) is 5.41. The quantitative estimate of drug-likeness (QED) is 0.822. The Morgan fingerprint density at radius 1 is 1.07 bits per heavy atom. The predicted octanol–water partition coefficient (Wildman–Crippen LogP) is 4.67. The van der Waals surface area contributed by atoms with Crippen molar-refractivity contribution in [2.75, 3.05) is 18.4 Å². The van der Waals surface area contributed by atoms with Crippen LogP contribution in [0.3, 0.4) is 0 Å². The average molecular weight is 392 g/mol. The molecule has 2 aliphatic rings. The van der Waals surface area contributed by atoms with Crippen molar-refractivity contribution in [2.24, 2.45) is 0 Å². The number of ether oxygens (including phenoxy) is 1. The number of nitrogens with zero attached hydrogens (tertiary/aromatic N) is 1. The molecule has 1 amide bonds. The lowest BCUT2D eigenvalue weighted by Crippen LogP contribution is -2.36. The van der Waals surface area contributed by atoms with Crippen LogP contribution in [0, 0.1) is 0 Å². The number of amides is 1. The van der Waals surface area contributed by atoms with Gasteiger partial charge >= 0.3 is 0 Å². The molecule has 2 aromatic rings. The number of piperidine rings is 1.